The van der Waals surface area contributed by atoms with Crippen LogP contribution in [0, 0.1) is 12.7 Å². The molecule has 0 unspecified atom stereocenters. The van der Waals surface area contributed by atoms with E-state index in [2.05, 4.69) is 25.6 Å². The monoisotopic (exact) mass is 387 g/mol. The van der Waals surface area contributed by atoms with Gasteiger partial charge < -0.3 is 10.6 Å². The maximum absolute atomic E-state index is 14.5. The summed E-state index contributed by atoms with van der Waals surface area (Å²) in [6.45, 7) is 3.92. The summed E-state index contributed by atoms with van der Waals surface area (Å²) in [6, 6.07) is 7.18. The van der Waals surface area contributed by atoms with Gasteiger partial charge in [0.25, 0.3) is 6.43 Å². The quantitative estimate of drug-likeness (QED) is 0.595. The number of pyridine rings is 1. The van der Waals surface area contributed by atoms with Gasteiger partial charge in [0, 0.05) is 24.5 Å². The molecular weight excluding hydrogens is 367 g/mol. The standard InChI is InChI=1S/C20H20F3N5/c1-12(15-6-3-7-16(18(15)21)19(22)23)27-20-17(11-25-13(2)28-20)26-10-14-5-4-8-24-9-14/h3-9,11-12,19,26H,10H2,1-2H3,(H,25,27,28)/t12-/m1/s1. The van der Waals surface area contributed by atoms with Crippen molar-refractivity contribution < 1.29 is 13.2 Å². The van der Waals surface area contributed by atoms with Gasteiger partial charge in [0.2, 0.25) is 0 Å². The van der Waals surface area contributed by atoms with Crippen molar-refractivity contribution >= 4 is 11.5 Å². The Balaban J connectivity index is 1.81. The third kappa shape index (κ3) is 4.57. The van der Waals surface area contributed by atoms with E-state index in [9.17, 15) is 13.2 Å². The first-order chi connectivity index (χ1) is 13.5. The topological polar surface area (TPSA) is 62.7 Å². The zero-order chi connectivity index (χ0) is 20.1. The van der Waals surface area contributed by atoms with E-state index in [1.165, 1.54) is 12.1 Å². The first-order valence-electron chi connectivity index (χ1n) is 8.75. The second kappa shape index (κ2) is 8.69. The molecule has 0 fully saturated rings. The van der Waals surface area contributed by atoms with Crippen molar-refractivity contribution in [3.63, 3.8) is 0 Å². The maximum atomic E-state index is 14.5. The van der Waals surface area contributed by atoms with Gasteiger partial charge in [-0.2, -0.15) is 0 Å². The summed E-state index contributed by atoms with van der Waals surface area (Å²) in [5, 5.41) is 6.31. The Morgan fingerprint density at radius 3 is 2.57 bits per heavy atom. The Bertz CT molecular complexity index is 934. The van der Waals surface area contributed by atoms with Crippen molar-refractivity contribution in [1.82, 2.24) is 15.0 Å². The fourth-order valence-electron chi connectivity index (χ4n) is 2.76. The molecule has 0 aliphatic rings. The Labute approximate surface area is 161 Å². The normalized spacial score (nSPS) is 12.1. The first-order valence-corrected chi connectivity index (χ1v) is 8.75. The van der Waals surface area contributed by atoms with Crippen LogP contribution in [0.4, 0.5) is 24.7 Å². The summed E-state index contributed by atoms with van der Waals surface area (Å²) in [4.78, 5) is 12.6. The van der Waals surface area contributed by atoms with Crippen molar-refractivity contribution in [2.45, 2.75) is 32.9 Å². The minimum atomic E-state index is -2.87. The molecule has 0 saturated heterocycles. The third-order valence-corrected chi connectivity index (χ3v) is 4.23. The summed E-state index contributed by atoms with van der Waals surface area (Å²) in [6.07, 6.45) is 2.18. The summed E-state index contributed by atoms with van der Waals surface area (Å²) in [5.74, 6) is 0.0855. The van der Waals surface area contributed by atoms with E-state index in [1.54, 1.807) is 32.4 Å². The first kappa shape index (κ1) is 19.6. The summed E-state index contributed by atoms with van der Waals surface area (Å²) in [5.41, 5.74) is 1.12. The Kier molecular flexibility index (Phi) is 6.08. The smallest absolute Gasteiger partial charge is 0.266 e. The molecule has 1 atom stereocenters. The highest BCUT2D eigenvalue weighted by Gasteiger charge is 2.20. The van der Waals surface area contributed by atoms with Crippen LogP contribution in [0.15, 0.2) is 48.9 Å². The van der Waals surface area contributed by atoms with Crippen LogP contribution < -0.4 is 10.6 Å². The van der Waals surface area contributed by atoms with Crippen LogP contribution >= 0.6 is 0 Å². The molecule has 2 N–H and O–H groups in total. The van der Waals surface area contributed by atoms with Crippen molar-refractivity contribution in [3.05, 3.63) is 77.3 Å². The Morgan fingerprint density at radius 1 is 1.07 bits per heavy atom. The molecule has 0 aliphatic heterocycles. The van der Waals surface area contributed by atoms with E-state index in [0.717, 1.165) is 11.6 Å². The van der Waals surface area contributed by atoms with Crippen LogP contribution in [-0.2, 0) is 6.54 Å². The van der Waals surface area contributed by atoms with E-state index < -0.39 is 23.8 Å². The van der Waals surface area contributed by atoms with Crippen molar-refractivity contribution in [1.29, 1.82) is 0 Å². The number of hydrogen-bond acceptors (Lipinski definition) is 5. The zero-order valence-electron chi connectivity index (χ0n) is 15.5. The maximum Gasteiger partial charge on any atom is 0.266 e. The van der Waals surface area contributed by atoms with Gasteiger partial charge in [0.05, 0.1) is 23.5 Å². The van der Waals surface area contributed by atoms with E-state index in [0.29, 0.717) is 23.9 Å². The molecule has 0 radical (unpaired) electrons. The average Bonchev–Trinajstić information content (AvgIpc) is 2.68. The van der Waals surface area contributed by atoms with Crippen molar-refractivity contribution in [3.8, 4) is 0 Å². The molecule has 146 valence electrons. The molecule has 0 spiro atoms. The van der Waals surface area contributed by atoms with Crippen LogP contribution in [0.1, 0.15) is 41.9 Å². The number of nitrogens with zero attached hydrogens (tertiary/aromatic N) is 3. The Morgan fingerprint density at radius 2 is 1.86 bits per heavy atom. The van der Waals surface area contributed by atoms with Crippen molar-refractivity contribution in [2.24, 2.45) is 0 Å². The number of hydrogen-bond donors (Lipinski definition) is 2. The molecule has 3 aromatic rings. The van der Waals surface area contributed by atoms with Gasteiger partial charge in [-0.1, -0.05) is 24.3 Å². The van der Waals surface area contributed by atoms with Crippen LogP contribution in [0.3, 0.4) is 0 Å². The largest absolute Gasteiger partial charge is 0.377 e. The Hall–Kier alpha value is -3.16. The lowest BCUT2D eigenvalue weighted by atomic mass is 10.0. The van der Waals surface area contributed by atoms with Crippen LogP contribution in [0.25, 0.3) is 0 Å². The average molecular weight is 387 g/mol. The molecule has 8 heteroatoms. The second-order valence-corrected chi connectivity index (χ2v) is 6.31. The lowest BCUT2D eigenvalue weighted by Crippen LogP contribution is -2.14. The van der Waals surface area contributed by atoms with Gasteiger partial charge in [0.1, 0.15) is 11.6 Å². The summed E-state index contributed by atoms with van der Waals surface area (Å²) < 4.78 is 40.4. The summed E-state index contributed by atoms with van der Waals surface area (Å²) >= 11 is 0. The van der Waals surface area contributed by atoms with Crippen LogP contribution in [0.5, 0.6) is 0 Å². The van der Waals surface area contributed by atoms with Crippen LogP contribution in [-0.4, -0.2) is 15.0 Å². The molecule has 0 aliphatic carbocycles. The van der Waals surface area contributed by atoms with Gasteiger partial charge in [0.15, 0.2) is 5.82 Å². The zero-order valence-corrected chi connectivity index (χ0v) is 15.5. The molecule has 0 amide bonds. The van der Waals surface area contributed by atoms with Crippen LogP contribution in [0.2, 0.25) is 0 Å². The van der Waals surface area contributed by atoms with Crippen molar-refractivity contribution in [2.75, 3.05) is 10.6 Å². The number of aryl methyl sites for hydroxylation is 1. The molecule has 0 saturated carbocycles. The molecule has 28 heavy (non-hydrogen) atoms. The molecule has 5 nitrogen and oxygen atoms in total. The highest BCUT2D eigenvalue weighted by atomic mass is 19.3. The number of aromatic nitrogens is 3. The number of halogens is 3. The van der Waals surface area contributed by atoms with Gasteiger partial charge in [-0.15, -0.1) is 0 Å². The molecule has 1 aromatic carbocycles. The predicted octanol–water partition coefficient (Wildman–Crippen LogP) is 5.04. The summed E-state index contributed by atoms with van der Waals surface area (Å²) in [7, 11) is 0. The van der Waals surface area contributed by atoms with Gasteiger partial charge in [-0.3, -0.25) is 4.98 Å². The van der Waals surface area contributed by atoms with Gasteiger partial charge >= 0.3 is 0 Å². The number of anilines is 2. The fourth-order valence-corrected chi connectivity index (χ4v) is 2.76. The minimum Gasteiger partial charge on any atom is -0.377 e. The fraction of sp³-hybridized carbons (Fsp3) is 0.250. The molecular formula is C20H20F3N5. The highest BCUT2D eigenvalue weighted by molar-refractivity contribution is 5.64. The highest BCUT2D eigenvalue weighted by Crippen LogP contribution is 2.30. The predicted molar refractivity (Wildman–Crippen MR) is 102 cm³/mol. The van der Waals surface area contributed by atoms with E-state index in [4.69, 9.17) is 0 Å². The number of nitrogens with one attached hydrogen (secondary N) is 2. The van der Waals surface area contributed by atoms with E-state index >= 15 is 0 Å². The lowest BCUT2D eigenvalue weighted by molar-refractivity contribution is 0.146. The third-order valence-electron chi connectivity index (χ3n) is 4.23. The van der Waals surface area contributed by atoms with Gasteiger partial charge in [-0.05, 0) is 25.5 Å². The number of benzene rings is 1. The lowest BCUT2D eigenvalue weighted by Gasteiger charge is -2.20. The number of alkyl halides is 2. The molecule has 2 heterocycles. The number of rotatable bonds is 7. The molecule has 3 rings (SSSR count). The molecule has 0 bridgehead atoms. The molecule has 2 aromatic heterocycles. The minimum absolute atomic E-state index is 0.146. The SMILES string of the molecule is Cc1ncc(NCc2cccnc2)c(N[C@H](C)c2cccc(C(F)F)c2F)n1. The van der Waals surface area contributed by atoms with E-state index in [-0.39, 0.29) is 5.56 Å². The second-order valence-electron chi connectivity index (χ2n) is 6.31. The van der Waals surface area contributed by atoms with E-state index in [1.807, 2.05) is 12.1 Å². The van der Waals surface area contributed by atoms with Gasteiger partial charge in [-0.25, -0.2) is 23.1 Å².